The van der Waals surface area contributed by atoms with Gasteiger partial charge in [-0.05, 0) is 30.0 Å². The number of benzene rings is 1. The summed E-state index contributed by atoms with van der Waals surface area (Å²) in [4.78, 5) is 0. The topological polar surface area (TPSA) is 0 Å². The van der Waals surface area contributed by atoms with E-state index < -0.39 is 0 Å². The molecule has 78 valence electrons. The molecule has 0 radical (unpaired) electrons. The van der Waals surface area contributed by atoms with E-state index in [0.717, 1.165) is 12.0 Å². The Morgan fingerprint density at radius 3 is 2.67 bits per heavy atom. The summed E-state index contributed by atoms with van der Waals surface area (Å²) in [5.41, 5.74) is 2.25. The predicted octanol–water partition coefficient (Wildman–Crippen LogP) is 4.97. The van der Waals surface area contributed by atoms with E-state index in [1.165, 1.54) is 5.57 Å². The molecule has 1 aromatic carbocycles. The second-order valence-corrected chi connectivity index (χ2v) is 4.70. The first-order chi connectivity index (χ1) is 7.16. The fourth-order valence-corrected chi connectivity index (χ4v) is 2.17. The van der Waals surface area contributed by atoms with Crippen LogP contribution in [-0.2, 0) is 0 Å². The minimum atomic E-state index is 0.625. The van der Waals surface area contributed by atoms with E-state index in [1.54, 1.807) is 6.07 Å². The van der Waals surface area contributed by atoms with Crippen molar-refractivity contribution in [3.63, 3.8) is 0 Å². The lowest BCUT2D eigenvalue weighted by Crippen LogP contribution is -1.94. The van der Waals surface area contributed by atoms with Crippen LogP contribution in [0.15, 0.2) is 36.4 Å². The first-order valence-corrected chi connectivity index (χ1v) is 5.76. The van der Waals surface area contributed by atoms with Crippen molar-refractivity contribution in [2.24, 2.45) is 5.92 Å². The zero-order valence-electron chi connectivity index (χ0n) is 8.50. The Kier molecular flexibility index (Phi) is 3.18. The Morgan fingerprint density at radius 2 is 2.07 bits per heavy atom. The first kappa shape index (κ1) is 10.8. The van der Waals surface area contributed by atoms with Crippen molar-refractivity contribution in [2.75, 3.05) is 0 Å². The largest absolute Gasteiger partial charge is 0.0843 e. The molecule has 1 aliphatic carbocycles. The summed E-state index contributed by atoms with van der Waals surface area (Å²) in [5.74, 6) is 0.625. The summed E-state index contributed by atoms with van der Waals surface area (Å²) in [5, 5.41) is 1.39. The summed E-state index contributed by atoms with van der Waals surface area (Å²) in [7, 11) is 0. The number of allylic oxidation sites excluding steroid dienone is 4. The lowest BCUT2D eigenvalue weighted by Gasteiger charge is -2.13. The second-order valence-electron chi connectivity index (χ2n) is 3.86. The monoisotopic (exact) mass is 238 g/mol. The van der Waals surface area contributed by atoms with Crippen LogP contribution in [0.3, 0.4) is 0 Å². The van der Waals surface area contributed by atoms with E-state index in [1.807, 2.05) is 12.1 Å². The average molecular weight is 239 g/mol. The molecule has 0 N–H and O–H groups in total. The van der Waals surface area contributed by atoms with Crippen molar-refractivity contribution < 1.29 is 0 Å². The number of halogens is 2. The van der Waals surface area contributed by atoms with Crippen molar-refractivity contribution in [3.05, 3.63) is 52.0 Å². The van der Waals surface area contributed by atoms with Gasteiger partial charge < -0.3 is 0 Å². The standard InChI is InChI=1S/C13H12Cl2/c1-9-2-4-10(5-3-9)12-7-6-11(14)8-13(12)15/h2,4-9H,3H2,1H3. The molecule has 0 spiro atoms. The highest BCUT2D eigenvalue weighted by molar-refractivity contribution is 6.35. The fraction of sp³-hybridized carbons (Fsp3) is 0.231. The van der Waals surface area contributed by atoms with Crippen LogP contribution in [0, 0.1) is 5.92 Å². The second kappa shape index (κ2) is 4.42. The van der Waals surface area contributed by atoms with Gasteiger partial charge in [0.1, 0.15) is 0 Å². The minimum absolute atomic E-state index is 0.625. The molecule has 0 saturated heterocycles. The molecule has 0 heterocycles. The molecule has 0 fully saturated rings. The zero-order chi connectivity index (χ0) is 10.8. The summed E-state index contributed by atoms with van der Waals surface area (Å²) >= 11 is 12.0. The molecular weight excluding hydrogens is 227 g/mol. The van der Waals surface area contributed by atoms with Crippen molar-refractivity contribution in [1.29, 1.82) is 0 Å². The van der Waals surface area contributed by atoms with Gasteiger partial charge in [0.15, 0.2) is 0 Å². The molecule has 0 nitrogen and oxygen atoms in total. The van der Waals surface area contributed by atoms with Gasteiger partial charge in [-0.25, -0.2) is 0 Å². The van der Waals surface area contributed by atoms with Crippen LogP contribution in [0.4, 0.5) is 0 Å². The maximum atomic E-state index is 6.14. The maximum Gasteiger partial charge on any atom is 0.0499 e. The van der Waals surface area contributed by atoms with Crippen LogP contribution < -0.4 is 0 Å². The van der Waals surface area contributed by atoms with Gasteiger partial charge in [0.2, 0.25) is 0 Å². The molecule has 2 rings (SSSR count). The highest BCUT2D eigenvalue weighted by atomic mass is 35.5. The fourth-order valence-electron chi connectivity index (χ4n) is 1.65. The third kappa shape index (κ3) is 2.45. The van der Waals surface area contributed by atoms with Crippen LogP contribution in [-0.4, -0.2) is 0 Å². The van der Waals surface area contributed by atoms with Gasteiger partial charge in [0.05, 0.1) is 0 Å². The molecule has 0 saturated carbocycles. The summed E-state index contributed by atoms with van der Waals surface area (Å²) in [6.07, 6.45) is 7.63. The molecular formula is C13H12Cl2. The van der Waals surface area contributed by atoms with Crippen molar-refractivity contribution in [1.82, 2.24) is 0 Å². The van der Waals surface area contributed by atoms with E-state index in [4.69, 9.17) is 23.2 Å². The van der Waals surface area contributed by atoms with E-state index in [0.29, 0.717) is 16.0 Å². The van der Waals surface area contributed by atoms with E-state index in [9.17, 15) is 0 Å². The van der Waals surface area contributed by atoms with Gasteiger partial charge >= 0.3 is 0 Å². The van der Waals surface area contributed by atoms with Crippen LogP contribution in [0.5, 0.6) is 0 Å². The third-order valence-electron chi connectivity index (χ3n) is 2.56. The zero-order valence-corrected chi connectivity index (χ0v) is 10.0. The van der Waals surface area contributed by atoms with Crippen molar-refractivity contribution in [3.8, 4) is 0 Å². The molecule has 0 aromatic heterocycles. The molecule has 2 heteroatoms. The van der Waals surface area contributed by atoms with Crippen LogP contribution >= 0.6 is 23.2 Å². The molecule has 0 amide bonds. The molecule has 15 heavy (non-hydrogen) atoms. The average Bonchev–Trinajstić information content (AvgIpc) is 2.20. The molecule has 1 aliphatic rings. The Balaban J connectivity index is 2.35. The van der Waals surface area contributed by atoms with Crippen LogP contribution in [0.1, 0.15) is 18.9 Å². The number of hydrogen-bond acceptors (Lipinski definition) is 0. The first-order valence-electron chi connectivity index (χ1n) is 5.00. The Morgan fingerprint density at radius 1 is 1.27 bits per heavy atom. The summed E-state index contributed by atoms with van der Waals surface area (Å²) in [6.45, 7) is 2.20. The van der Waals surface area contributed by atoms with Crippen LogP contribution in [0.25, 0.3) is 5.57 Å². The Bertz CT molecular complexity index is 430. The summed E-state index contributed by atoms with van der Waals surface area (Å²) in [6, 6.07) is 5.62. The molecule has 0 aliphatic heterocycles. The van der Waals surface area contributed by atoms with Gasteiger partial charge in [0.25, 0.3) is 0 Å². The lowest BCUT2D eigenvalue weighted by molar-refractivity contribution is 0.739. The van der Waals surface area contributed by atoms with E-state index in [-0.39, 0.29) is 0 Å². The Labute approximate surface area is 100 Å². The highest BCUT2D eigenvalue weighted by Crippen LogP contribution is 2.30. The quantitative estimate of drug-likeness (QED) is 0.648. The molecule has 1 aromatic rings. The highest BCUT2D eigenvalue weighted by Gasteiger charge is 2.08. The molecule has 1 atom stereocenters. The maximum absolute atomic E-state index is 6.14. The lowest BCUT2D eigenvalue weighted by atomic mass is 9.94. The molecule has 0 bridgehead atoms. The normalized spacial score (nSPS) is 20.2. The van der Waals surface area contributed by atoms with Crippen molar-refractivity contribution >= 4 is 28.8 Å². The van der Waals surface area contributed by atoms with Gasteiger partial charge in [-0.2, -0.15) is 0 Å². The predicted molar refractivity (Wildman–Crippen MR) is 67.4 cm³/mol. The summed E-state index contributed by atoms with van der Waals surface area (Å²) < 4.78 is 0. The van der Waals surface area contributed by atoms with Crippen LogP contribution in [0.2, 0.25) is 10.0 Å². The number of rotatable bonds is 1. The van der Waals surface area contributed by atoms with E-state index >= 15 is 0 Å². The van der Waals surface area contributed by atoms with Gasteiger partial charge in [0, 0.05) is 15.6 Å². The van der Waals surface area contributed by atoms with E-state index in [2.05, 4.69) is 25.2 Å². The molecule has 1 unspecified atom stereocenters. The third-order valence-corrected chi connectivity index (χ3v) is 3.10. The SMILES string of the molecule is CC1C=CC(c2ccc(Cl)cc2Cl)=CC1. The minimum Gasteiger partial charge on any atom is -0.0843 e. The smallest absolute Gasteiger partial charge is 0.0499 e. The van der Waals surface area contributed by atoms with Gasteiger partial charge in [-0.3, -0.25) is 0 Å². The van der Waals surface area contributed by atoms with Gasteiger partial charge in [-0.15, -0.1) is 0 Å². The van der Waals surface area contributed by atoms with Gasteiger partial charge in [-0.1, -0.05) is 54.4 Å². The number of hydrogen-bond donors (Lipinski definition) is 0. The van der Waals surface area contributed by atoms with Crippen molar-refractivity contribution in [2.45, 2.75) is 13.3 Å². The Hall–Kier alpha value is -0.720.